The van der Waals surface area contributed by atoms with Gasteiger partial charge >= 0.3 is 0 Å². The molecule has 0 aliphatic carbocycles. The van der Waals surface area contributed by atoms with Crippen LogP contribution in [-0.2, 0) is 11.7 Å². The molecule has 3 heteroatoms. The van der Waals surface area contributed by atoms with Crippen molar-refractivity contribution in [2.75, 3.05) is 6.61 Å². The fourth-order valence-corrected chi connectivity index (χ4v) is 1.45. The van der Waals surface area contributed by atoms with E-state index in [2.05, 4.69) is 4.98 Å². The molecular weight excluding hydrogens is 164 g/mol. The van der Waals surface area contributed by atoms with Crippen LogP contribution in [0.2, 0.25) is 0 Å². The van der Waals surface area contributed by atoms with Crippen LogP contribution in [0.4, 0.5) is 0 Å². The van der Waals surface area contributed by atoms with Gasteiger partial charge in [-0.05, 0) is 24.6 Å². The predicted octanol–water partition coefficient (Wildman–Crippen LogP) is 1.78. The molecule has 1 aromatic heterocycles. The summed E-state index contributed by atoms with van der Waals surface area (Å²) in [7, 11) is 0. The molecule has 0 bridgehead atoms. The lowest BCUT2D eigenvalue weighted by atomic mass is 10.2. The second-order valence-electron chi connectivity index (χ2n) is 3.13. The molecule has 0 fully saturated rings. The SMILES string of the molecule is Cc1ccc2c(c1)ncn2CC[O]. The van der Waals surface area contributed by atoms with E-state index in [0.717, 1.165) is 11.0 Å². The third-order valence-corrected chi connectivity index (χ3v) is 2.11. The molecule has 2 rings (SSSR count). The Morgan fingerprint density at radius 2 is 2.31 bits per heavy atom. The van der Waals surface area contributed by atoms with E-state index in [1.807, 2.05) is 29.7 Å². The number of rotatable bonds is 2. The van der Waals surface area contributed by atoms with Crippen molar-refractivity contribution in [3.05, 3.63) is 30.1 Å². The molecule has 0 N–H and O–H groups in total. The van der Waals surface area contributed by atoms with Crippen LogP contribution in [-0.4, -0.2) is 16.2 Å². The van der Waals surface area contributed by atoms with Gasteiger partial charge in [-0.25, -0.2) is 10.1 Å². The molecule has 0 spiro atoms. The van der Waals surface area contributed by atoms with Gasteiger partial charge in [0.1, 0.15) is 6.61 Å². The minimum Gasteiger partial charge on any atom is -0.328 e. The molecule has 0 saturated heterocycles. The second kappa shape index (κ2) is 3.18. The van der Waals surface area contributed by atoms with E-state index in [9.17, 15) is 5.11 Å². The van der Waals surface area contributed by atoms with Crippen LogP contribution in [0, 0.1) is 6.92 Å². The summed E-state index contributed by atoms with van der Waals surface area (Å²) in [4.78, 5) is 4.22. The van der Waals surface area contributed by atoms with Crippen molar-refractivity contribution < 1.29 is 5.11 Å². The molecule has 0 aliphatic heterocycles. The number of fused-ring (bicyclic) bond motifs is 1. The zero-order valence-corrected chi connectivity index (χ0v) is 7.53. The van der Waals surface area contributed by atoms with Gasteiger partial charge in [0.25, 0.3) is 0 Å². The first kappa shape index (κ1) is 8.26. The molecular formula is C10H11N2O. The molecule has 13 heavy (non-hydrogen) atoms. The Morgan fingerprint density at radius 3 is 3.08 bits per heavy atom. The van der Waals surface area contributed by atoms with E-state index in [-0.39, 0.29) is 6.61 Å². The summed E-state index contributed by atoms with van der Waals surface area (Å²) in [5.41, 5.74) is 3.20. The molecule has 2 aromatic rings. The lowest BCUT2D eigenvalue weighted by Crippen LogP contribution is -1.98. The number of imidazole rings is 1. The predicted molar refractivity (Wildman–Crippen MR) is 50.0 cm³/mol. The monoisotopic (exact) mass is 175 g/mol. The Hall–Kier alpha value is -1.35. The van der Waals surface area contributed by atoms with Crippen LogP contribution in [0.3, 0.4) is 0 Å². The second-order valence-corrected chi connectivity index (χ2v) is 3.13. The standard InChI is InChI=1S/C10H11N2O/c1-8-2-3-10-9(6-8)11-7-12(10)4-5-13/h2-3,6-7H,4-5H2,1H3. The van der Waals surface area contributed by atoms with Gasteiger partial charge in [0.05, 0.1) is 23.9 Å². The molecule has 0 amide bonds. The van der Waals surface area contributed by atoms with Gasteiger partial charge in [0.2, 0.25) is 0 Å². The molecule has 0 aliphatic rings. The third-order valence-electron chi connectivity index (χ3n) is 2.11. The van der Waals surface area contributed by atoms with Gasteiger partial charge in [-0.1, -0.05) is 6.07 Å². The first-order valence-corrected chi connectivity index (χ1v) is 4.31. The van der Waals surface area contributed by atoms with Crippen molar-refractivity contribution in [3.63, 3.8) is 0 Å². The van der Waals surface area contributed by atoms with Gasteiger partial charge in [0, 0.05) is 0 Å². The number of hydrogen-bond acceptors (Lipinski definition) is 1. The molecule has 1 heterocycles. The lowest BCUT2D eigenvalue weighted by Gasteiger charge is -1.99. The largest absolute Gasteiger partial charge is 0.328 e. The Labute approximate surface area is 76.6 Å². The van der Waals surface area contributed by atoms with Crippen LogP contribution in [0.15, 0.2) is 24.5 Å². The van der Waals surface area contributed by atoms with Gasteiger partial charge in [0.15, 0.2) is 0 Å². The number of hydrogen-bond donors (Lipinski definition) is 0. The molecule has 0 atom stereocenters. The molecule has 1 aromatic carbocycles. The van der Waals surface area contributed by atoms with E-state index >= 15 is 0 Å². The lowest BCUT2D eigenvalue weighted by molar-refractivity contribution is 0.182. The van der Waals surface area contributed by atoms with Crippen molar-refractivity contribution in [2.24, 2.45) is 0 Å². The quantitative estimate of drug-likeness (QED) is 0.685. The smallest absolute Gasteiger partial charge is 0.100 e. The maximum Gasteiger partial charge on any atom is 0.100 e. The number of nitrogens with zero attached hydrogens (tertiary/aromatic N) is 2. The average Bonchev–Trinajstić information content (AvgIpc) is 2.49. The topological polar surface area (TPSA) is 37.7 Å². The first-order valence-electron chi connectivity index (χ1n) is 4.31. The van der Waals surface area contributed by atoms with Crippen LogP contribution in [0.25, 0.3) is 11.0 Å². The van der Waals surface area contributed by atoms with Crippen LogP contribution in [0.5, 0.6) is 0 Å². The highest BCUT2D eigenvalue weighted by Crippen LogP contribution is 2.13. The highest BCUT2D eigenvalue weighted by Gasteiger charge is 2.00. The van der Waals surface area contributed by atoms with Crippen molar-refractivity contribution in [1.82, 2.24) is 9.55 Å². The molecule has 3 nitrogen and oxygen atoms in total. The van der Waals surface area contributed by atoms with E-state index in [1.165, 1.54) is 5.56 Å². The third kappa shape index (κ3) is 1.42. The first-order chi connectivity index (χ1) is 6.31. The number of benzene rings is 1. The summed E-state index contributed by atoms with van der Waals surface area (Å²) in [6.07, 6.45) is 1.72. The highest BCUT2D eigenvalue weighted by molar-refractivity contribution is 5.75. The fraction of sp³-hybridized carbons (Fsp3) is 0.300. The molecule has 0 unspecified atom stereocenters. The maximum absolute atomic E-state index is 10.5. The minimum atomic E-state index is -0.0979. The summed E-state index contributed by atoms with van der Waals surface area (Å²) in [6, 6.07) is 6.06. The molecule has 67 valence electrons. The number of aryl methyl sites for hydroxylation is 1. The Balaban J connectivity index is 2.55. The van der Waals surface area contributed by atoms with Crippen LogP contribution < -0.4 is 0 Å². The summed E-state index contributed by atoms with van der Waals surface area (Å²) >= 11 is 0. The minimum absolute atomic E-state index is 0.0979. The van der Waals surface area contributed by atoms with E-state index in [4.69, 9.17) is 0 Å². The summed E-state index contributed by atoms with van der Waals surface area (Å²) in [5.74, 6) is 0. The zero-order valence-electron chi connectivity index (χ0n) is 7.53. The van der Waals surface area contributed by atoms with Gasteiger partial charge < -0.3 is 4.57 Å². The van der Waals surface area contributed by atoms with Gasteiger partial charge in [-0.3, -0.25) is 0 Å². The summed E-state index contributed by atoms with van der Waals surface area (Å²) in [5, 5.41) is 10.5. The highest BCUT2D eigenvalue weighted by atomic mass is 16.3. The van der Waals surface area contributed by atoms with Crippen molar-refractivity contribution in [2.45, 2.75) is 13.5 Å². The fourth-order valence-electron chi connectivity index (χ4n) is 1.45. The number of aromatic nitrogens is 2. The van der Waals surface area contributed by atoms with E-state index in [0.29, 0.717) is 6.54 Å². The zero-order chi connectivity index (χ0) is 9.26. The Kier molecular flexibility index (Phi) is 2.02. The van der Waals surface area contributed by atoms with Crippen molar-refractivity contribution in [1.29, 1.82) is 0 Å². The van der Waals surface area contributed by atoms with Crippen LogP contribution >= 0.6 is 0 Å². The average molecular weight is 175 g/mol. The molecule has 1 radical (unpaired) electrons. The van der Waals surface area contributed by atoms with E-state index < -0.39 is 0 Å². The van der Waals surface area contributed by atoms with E-state index in [1.54, 1.807) is 6.33 Å². The normalized spacial score (nSPS) is 10.9. The molecule has 0 saturated carbocycles. The maximum atomic E-state index is 10.5. The summed E-state index contributed by atoms with van der Waals surface area (Å²) < 4.78 is 1.89. The summed E-state index contributed by atoms with van der Waals surface area (Å²) in [6.45, 7) is 2.44. The van der Waals surface area contributed by atoms with Gasteiger partial charge in [-0.2, -0.15) is 0 Å². The van der Waals surface area contributed by atoms with Crippen LogP contribution in [0.1, 0.15) is 5.56 Å². The van der Waals surface area contributed by atoms with Crippen molar-refractivity contribution >= 4 is 11.0 Å². The van der Waals surface area contributed by atoms with Gasteiger partial charge in [-0.15, -0.1) is 0 Å². The Bertz CT molecular complexity index is 420. The van der Waals surface area contributed by atoms with Crippen molar-refractivity contribution in [3.8, 4) is 0 Å². The Morgan fingerprint density at radius 1 is 1.46 bits per heavy atom.